The fraction of sp³-hybridized carbons (Fsp3) is 0.579. The number of aromatic nitrogens is 2. The number of carbonyl (C=O) groups excluding carboxylic acids is 1. The Hall–Kier alpha value is -2.33. The Morgan fingerprint density at radius 1 is 1.34 bits per heavy atom. The molecule has 0 atom stereocenters. The van der Waals surface area contributed by atoms with Crippen molar-refractivity contribution in [3.63, 3.8) is 0 Å². The molecule has 1 aliphatic rings. The highest BCUT2D eigenvalue weighted by Gasteiger charge is 2.30. The summed E-state index contributed by atoms with van der Waals surface area (Å²) in [5.41, 5.74) is 0.531. The fourth-order valence-electron chi connectivity index (χ4n) is 3.39. The molecule has 0 unspecified atom stereocenters. The van der Waals surface area contributed by atoms with Crippen molar-refractivity contribution in [2.75, 3.05) is 40.0 Å². The summed E-state index contributed by atoms with van der Waals surface area (Å²) in [4.78, 5) is 12.5. The summed E-state index contributed by atoms with van der Waals surface area (Å²) < 4.78 is 50.0. The molecule has 160 valence electrons. The van der Waals surface area contributed by atoms with Crippen molar-refractivity contribution in [1.29, 1.82) is 0 Å². The minimum Gasteiger partial charge on any atom is -0.483 e. The molecular formula is C19H25F3N4O3. The number of hydrogen-bond donors (Lipinski definition) is 2. The summed E-state index contributed by atoms with van der Waals surface area (Å²) in [6.07, 6.45) is -0.826. The first kappa shape index (κ1) is 21.4. The molecule has 0 spiro atoms. The zero-order chi connectivity index (χ0) is 20.9. The molecule has 1 amide bonds. The topological polar surface area (TPSA) is 77.4 Å². The summed E-state index contributed by atoms with van der Waals surface area (Å²) in [6.45, 7) is 1.60. The van der Waals surface area contributed by atoms with Gasteiger partial charge in [-0.25, -0.2) is 0 Å². The molecule has 0 aliphatic carbocycles. The van der Waals surface area contributed by atoms with E-state index >= 15 is 0 Å². The molecule has 29 heavy (non-hydrogen) atoms. The summed E-state index contributed by atoms with van der Waals surface area (Å²) in [5, 5.41) is 10.8. The van der Waals surface area contributed by atoms with E-state index in [1.54, 1.807) is 16.9 Å². The van der Waals surface area contributed by atoms with Crippen LogP contribution in [0.15, 0.2) is 18.3 Å². The molecule has 1 aromatic carbocycles. The molecule has 1 saturated heterocycles. The molecular weight excluding hydrogens is 389 g/mol. The van der Waals surface area contributed by atoms with Crippen LogP contribution >= 0.6 is 0 Å². The normalized spacial score (nSPS) is 15.6. The smallest absolute Gasteiger partial charge is 0.422 e. The molecule has 1 aromatic heterocycles. The number of amides is 1. The SMILES string of the molecule is COCCNC(=O)c1ccc2nn(CC3CCNCC3)cc2c1OCC(F)(F)F. The van der Waals surface area contributed by atoms with Crippen molar-refractivity contribution in [2.24, 2.45) is 5.92 Å². The Morgan fingerprint density at radius 3 is 2.79 bits per heavy atom. The quantitative estimate of drug-likeness (QED) is 0.649. The molecule has 0 bridgehead atoms. The van der Waals surface area contributed by atoms with Gasteiger partial charge < -0.3 is 20.1 Å². The predicted octanol–water partition coefficient (Wildman–Crippen LogP) is 2.35. The van der Waals surface area contributed by atoms with E-state index in [9.17, 15) is 18.0 Å². The summed E-state index contributed by atoms with van der Waals surface area (Å²) >= 11 is 0. The van der Waals surface area contributed by atoms with E-state index in [2.05, 4.69) is 15.7 Å². The van der Waals surface area contributed by atoms with Crippen LogP contribution in [0.25, 0.3) is 10.9 Å². The minimum atomic E-state index is -4.52. The van der Waals surface area contributed by atoms with Crippen LogP contribution in [0.5, 0.6) is 5.75 Å². The lowest BCUT2D eigenvalue weighted by atomic mass is 9.98. The first-order chi connectivity index (χ1) is 13.9. The van der Waals surface area contributed by atoms with Gasteiger partial charge in [0.05, 0.1) is 23.1 Å². The Balaban J connectivity index is 1.88. The maximum Gasteiger partial charge on any atom is 0.422 e. The van der Waals surface area contributed by atoms with Crippen molar-refractivity contribution in [3.8, 4) is 5.75 Å². The monoisotopic (exact) mass is 414 g/mol. The first-order valence-corrected chi connectivity index (χ1v) is 9.55. The largest absolute Gasteiger partial charge is 0.483 e. The van der Waals surface area contributed by atoms with Gasteiger partial charge in [-0.1, -0.05) is 0 Å². The molecule has 2 N–H and O–H groups in total. The highest BCUT2D eigenvalue weighted by atomic mass is 19.4. The van der Waals surface area contributed by atoms with E-state index < -0.39 is 18.7 Å². The van der Waals surface area contributed by atoms with Crippen LogP contribution in [0.4, 0.5) is 13.2 Å². The molecule has 2 heterocycles. The number of fused-ring (bicyclic) bond motifs is 1. The third kappa shape index (κ3) is 5.83. The van der Waals surface area contributed by atoms with Crippen LogP contribution in [0, 0.1) is 5.92 Å². The van der Waals surface area contributed by atoms with E-state index in [4.69, 9.17) is 9.47 Å². The number of benzene rings is 1. The highest BCUT2D eigenvalue weighted by molar-refractivity contribution is 6.03. The van der Waals surface area contributed by atoms with E-state index in [1.165, 1.54) is 13.2 Å². The second-order valence-electron chi connectivity index (χ2n) is 7.07. The molecule has 3 rings (SSSR count). The maximum atomic E-state index is 12.8. The number of piperidine rings is 1. The Labute approximate surface area is 166 Å². The number of ether oxygens (including phenoxy) is 2. The third-order valence-corrected chi connectivity index (χ3v) is 4.81. The Kier molecular flexibility index (Phi) is 6.96. The number of methoxy groups -OCH3 is 1. The molecule has 0 saturated carbocycles. The zero-order valence-corrected chi connectivity index (χ0v) is 16.2. The van der Waals surface area contributed by atoms with Crippen molar-refractivity contribution < 1.29 is 27.4 Å². The molecule has 1 fully saturated rings. The average molecular weight is 414 g/mol. The van der Waals surface area contributed by atoms with Gasteiger partial charge in [0.2, 0.25) is 0 Å². The Bertz CT molecular complexity index is 832. The molecule has 2 aromatic rings. The first-order valence-electron chi connectivity index (χ1n) is 9.55. The van der Waals surface area contributed by atoms with Gasteiger partial charge in [-0.05, 0) is 44.0 Å². The highest BCUT2D eigenvalue weighted by Crippen LogP contribution is 2.31. The summed E-state index contributed by atoms with van der Waals surface area (Å²) in [7, 11) is 1.49. The number of carbonyl (C=O) groups is 1. The number of hydrogen-bond acceptors (Lipinski definition) is 5. The van der Waals surface area contributed by atoms with Crippen LogP contribution in [0.2, 0.25) is 0 Å². The number of alkyl halides is 3. The average Bonchev–Trinajstić information content (AvgIpc) is 3.08. The molecule has 10 heteroatoms. The van der Waals surface area contributed by atoms with Crippen molar-refractivity contribution in [2.45, 2.75) is 25.6 Å². The van der Waals surface area contributed by atoms with Crippen LogP contribution in [-0.2, 0) is 11.3 Å². The second kappa shape index (κ2) is 9.45. The Morgan fingerprint density at radius 2 is 2.10 bits per heavy atom. The van der Waals surface area contributed by atoms with Gasteiger partial charge in [-0.15, -0.1) is 0 Å². The van der Waals surface area contributed by atoms with Crippen LogP contribution in [0.3, 0.4) is 0 Å². The maximum absolute atomic E-state index is 12.8. The van der Waals surface area contributed by atoms with Crippen LogP contribution in [0.1, 0.15) is 23.2 Å². The molecule has 7 nitrogen and oxygen atoms in total. The van der Waals surface area contributed by atoms with Gasteiger partial charge in [0.1, 0.15) is 5.75 Å². The number of nitrogens with zero attached hydrogens (tertiary/aromatic N) is 2. The lowest BCUT2D eigenvalue weighted by Crippen LogP contribution is -2.29. The molecule has 1 aliphatic heterocycles. The standard InChI is InChI=1S/C19H25F3N4O3/c1-28-9-8-24-18(27)14-2-3-16-15(17(14)29-12-19(20,21)22)11-26(25-16)10-13-4-6-23-7-5-13/h2-3,11,13,23H,4-10,12H2,1H3,(H,24,27). The van der Waals surface area contributed by atoms with Crippen molar-refractivity contribution in [3.05, 3.63) is 23.9 Å². The molecule has 0 radical (unpaired) electrons. The van der Waals surface area contributed by atoms with Crippen LogP contribution < -0.4 is 15.4 Å². The third-order valence-electron chi connectivity index (χ3n) is 4.81. The number of nitrogens with one attached hydrogen (secondary N) is 2. The summed E-state index contributed by atoms with van der Waals surface area (Å²) in [6, 6.07) is 3.07. The number of halogens is 3. The lowest BCUT2D eigenvalue weighted by molar-refractivity contribution is -0.153. The van der Waals surface area contributed by atoms with Gasteiger partial charge in [0.15, 0.2) is 6.61 Å². The van der Waals surface area contributed by atoms with Gasteiger partial charge in [0, 0.05) is 26.4 Å². The predicted molar refractivity (Wildman–Crippen MR) is 101 cm³/mol. The van der Waals surface area contributed by atoms with Gasteiger partial charge in [0.25, 0.3) is 5.91 Å². The van der Waals surface area contributed by atoms with Gasteiger partial charge in [-0.3, -0.25) is 9.48 Å². The van der Waals surface area contributed by atoms with E-state index in [-0.39, 0.29) is 17.9 Å². The van der Waals surface area contributed by atoms with Gasteiger partial charge in [-0.2, -0.15) is 18.3 Å². The van der Waals surface area contributed by atoms with Gasteiger partial charge >= 0.3 is 6.18 Å². The van der Waals surface area contributed by atoms with E-state index in [0.29, 0.717) is 30.0 Å². The zero-order valence-electron chi connectivity index (χ0n) is 16.2. The van der Waals surface area contributed by atoms with E-state index in [1.807, 2.05) is 0 Å². The lowest BCUT2D eigenvalue weighted by Gasteiger charge is -2.22. The second-order valence-corrected chi connectivity index (χ2v) is 7.07. The van der Waals surface area contributed by atoms with E-state index in [0.717, 1.165) is 25.9 Å². The summed E-state index contributed by atoms with van der Waals surface area (Å²) in [5.74, 6) is -0.180. The van der Waals surface area contributed by atoms with Crippen molar-refractivity contribution in [1.82, 2.24) is 20.4 Å². The number of rotatable bonds is 8. The minimum absolute atomic E-state index is 0.0410. The van der Waals surface area contributed by atoms with Crippen molar-refractivity contribution >= 4 is 16.8 Å². The van der Waals surface area contributed by atoms with Crippen LogP contribution in [-0.4, -0.2) is 61.8 Å². The fourth-order valence-corrected chi connectivity index (χ4v) is 3.39.